The van der Waals surface area contributed by atoms with Crippen molar-refractivity contribution in [3.63, 3.8) is 0 Å². The van der Waals surface area contributed by atoms with E-state index < -0.39 is 21.4 Å². The number of hydrogen-bond acceptors (Lipinski definition) is 5. The zero-order valence-electron chi connectivity index (χ0n) is 30.9. The molecule has 0 bridgehead atoms. The molecule has 3 aliphatic heterocycles. The molecular weight excluding hydrogens is 657 g/mol. The Bertz CT molecular complexity index is 2020. The Morgan fingerprint density at radius 3 is 2.45 bits per heavy atom. The summed E-state index contributed by atoms with van der Waals surface area (Å²) in [5.74, 6) is -0.860. The number of carbonyl (C=O) groups is 1. The van der Waals surface area contributed by atoms with Crippen LogP contribution in [-0.2, 0) is 36.8 Å². The predicted molar refractivity (Wildman–Crippen MR) is 207 cm³/mol. The van der Waals surface area contributed by atoms with Crippen LogP contribution < -0.4 is 10.0 Å². The van der Waals surface area contributed by atoms with Crippen LogP contribution in [0.3, 0.4) is 0 Å². The summed E-state index contributed by atoms with van der Waals surface area (Å²) in [5.41, 5.74) is 7.78. The molecule has 3 aromatic carbocycles. The maximum absolute atomic E-state index is 12.5. The van der Waals surface area contributed by atoms with E-state index in [0.717, 1.165) is 54.5 Å². The monoisotopic (exact) mass is 710 g/mol. The second-order valence-corrected chi connectivity index (χ2v) is 17.0. The molecule has 3 aromatic rings. The number of hydrogen-bond donors (Lipinski definition) is 2. The normalized spacial score (nSPS) is 23.7. The molecule has 3 atom stereocenters. The fraction of sp³-hybridized carbons (Fsp3) is 0.465. The molecule has 3 unspecified atom stereocenters. The van der Waals surface area contributed by atoms with Crippen LogP contribution in [0.1, 0.15) is 109 Å². The minimum absolute atomic E-state index is 0.0127. The summed E-state index contributed by atoms with van der Waals surface area (Å²) < 4.78 is 32.0. The summed E-state index contributed by atoms with van der Waals surface area (Å²) in [7, 11) is -3.95. The van der Waals surface area contributed by atoms with Gasteiger partial charge in [-0.3, -0.25) is 4.79 Å². The van der Waals surface area contributed by atoms with Gasteiger partial charge in [-0.1, -0.05) is 96.9 Å². The number of nitrogens with two attached hydrogens (primary N) is 1. The smallest absolute Gasteiger partial charge is 0.303 e. The predicted octanol–water partition coefficient (Wildman–Crippen LogP) is 9.24. The van der Waals surface area contributed by atoms with Crippen LogP contribution in [0.2, 0.25) is 0 Å². The van der Waals surface area contributed by atoms with Crippen molar-refractivity contribution in [3.8, 4) is 0 Å². The van der Waals surface area contributed by atoms with E-state index in [1.165, 1.54) is 52.6 Å². The largest absolute Gasteiger partial charge is 0.481 e. The molecule has 0 spiro atoms. The van der Waals surface area contributed by atoms with Crippen LogP contribution in [0.15, 0.2) is 94.6 Å². The summed E-state index contributed by atoms with van der Waals surface area (Å²) in [6.45, 7) is 16.7. The lowest BCUT2D eigenvalue weighted by molar-refractivity contribution is -0.137. The molecule has 272 valence electrons. The van der Waals surface area contributed by atoms with Crippen molar-refractivity contribution < 1.29 is 23.1 Å². The number of unbranched alkanes of at least 4 members (excludes halogenated alkanes) is 2. The Morgan fingerprint density at radius 2 is 1.76 bits per heavy atom. The van der Waals surface area contributed by atoms with Crippen molar-refractivity contribution in [2.45, 2.75) is 127 Å². The van der Waals surface area contributed by atoms with E-state index in [9.17, 15) is 18.3 Å². The van der Waals surface area contributed by atoms with E-state index in [1.54, 1.807) is 12.1 Å². The van der Waals surface area contributed by atoms with E-state index in [1.807, 2.05) is 6.07 Å². The van der Waals surface area contributed by atoms with Gasteiger partial charge in [-0.2, -0.15) is 0 Å². The Kier molecular flexibility index (Phi) is 10.4. The molecule has 7 rings (SSSR count). The molecule has 51 heavy (non-hydrogen) atoms. The van der Waals surface area contributed by atoms with Gasteiger partial charge in [0.05, 0.1) is 17.1 Å². The quantitative estimate of drug-likeness (QED) is 0.253. The van der Waals surface area contributed by atoms with Gasteiger partial charge in [0.15, 0.2) is 0 Å². The lowest BCUT2D eigenvalue weighted by Crippen LogP contribution is -2.43. The molecule has 7 nitrogen and oxygen atoms in total. The first-order chi connectivity index (χ1) is 24.2. The van der Waals surface area contributed by atoms with Gasteiger partial charge in [-0.05, 0) is 101 Å². The van der Waals surface area contributed by atoms with E-state index in [-0.39, 0.29) is 28.9 Å². The lowest BCUT2D eigenvalue weighted by atomic mass is 9.67. The Balaban J connectivity index is 0.000000839. The van der Waals surface area contributed by atoms with Crippen LogP contribution in [-0.4, -0.2) is 38.2 Å². The second-order valence-electron chi connectivity index (χ2n) is 15.4. The number of fused-ring (bicyclic) bond motifs is 8. The van der Waals surface area contributed by atoms with Gasteiger partial charge < -0.3 is 14.7 Å². The SMILES string of the molecule is C=C1C2=CC3=C4N(CCC3OC2CCCc2ccc(S(N)(=O)=O)cc2C1(C)CCCC(=O)O)c1ccc2ccccc2c1C4(C)C.CCCCC. The highest BCUT2D eigenvalue weighted by atomic mass is 32.2. The van der Waals surface area contributed by atoms with Crippen LogP contribution in [0, 0.1) is 0 Å². The van der Waals surface area contributed by atoms with Crippen molar-refractivity contribution in [3.05, 3.63) is 106 Å². The zero-order valence-corrected chi connectivity index (χ0v) is 31.7. The summed E-state index contributed by atoms with van der Waals surface area (Å²) >= 11 is 0. The van der Waals surface area contributed by atoms with Crippen LogP contribution in [0.4, 0.5) is 5.69 Å². The standard InChI is InChI=1S/C38H42N2O5S.C5H12/c1-23-28-22-29-33(18-20-40-31-17-15-24-9-5-6-11-27(24)35(31)37(2,3)36(29)40)45-32(28)12-7-10-25-14-16-26(46(39,43)44)21-30(25)38(23,4)19-8-13-34(41)42;1-3-5-4-2/h5-6,9,11,14-17,21-22,32-33H,1,7-8,10,12-13,18-20H2,2-4H3,(H,41,42)(H2,39,43,44);3-5H2,1-2H3. The minimum Gasteiger partial charge on any atom is -0.481 e. The Morgan fingerprint density at radius 1 is 1.02 bits per heavy atom. The molecule has 0 saturated heterocycles. The van der Waals surface area contributed by atoms with E-state index in [0.29, 0.717) is 12.8 Å². The van der Waals surface area contributed by atoms with Gasteiger partial charge in [0.2, 0.25) is 10.0 Å². The number of benzene rings is 3. The number of aryl methyl sites for hydroxylation is 1. The van der Waals surface area contributed by atoms with Crippen molar-refractivity contribution in [1.82, 2.24) is 0 Å². The third kappa shape index (κ3) is 6.83. The molecule has 4 aliphatic rings. The van der Waals surface area contributed by atoms with E-state index in [2.05, 4.69) is 82.0 Å². The number of ether oxygens (including phenoxy) is 1. The summed E-state index contributed by atoms with van der Waals surface area (Å²) in [5, 5.41) is 17.6. The average molecular weight is 711 g/mol. The molecule has 0 fully saturated rings. The third-order valence-electron chi connectivity index (χ3n) is 11.6. The number of carboxylic acid groups (broad SMARTS) is 1. The number of primary sulfonamides is 1. The molecule has 3 N–H and O–H groups in total. The molecule has 8 heteroatoms. The van der Waals surface area contributed by atoms with Crippen molar-refractivity contribution in [2.75, 3.05) is 11.4 Å². The highest BCUT2D eigenvalue weighted by Gasteiger charge is 2.48. The number of rotatable bonds is 7. The summed E-state index contributed by atoms with van der Waals surface area (Å²) in [4.78, 5) is 14.1. The van der Waals surface area contributed by atoms with Crippen molar-refractivity contribution >= 4 is 32.5 Å². The first kappa shape index (κ1) is 37.1. The average Bonchev–Trinajstić information content (AvgIpc) is 3.35. The number of allylic oxidation sites excluding steroid dienone is 1. The Labute approximate surface area is 304 Å². The zero-order chi connectivity index (χ0) is 36.7. The van der Waals surface area contributed by atoms with Gasteiger partial charge in [-0.15, -0.1) is 0 Å². The van der Waals surface area contributed by atoms with Crippen molar-refractivity contribution in [2.24, 2.45) is 5.14 Å². The first-order valence-corrected chi connectivity index (χ1v) is 20.3. The van der Waals surface area contributed by atoms with Crippen LogP contribution in [0.5, 0.6) is 0 Å². The maximum atomic E-state index is 12.5. The van der Waals surface area contributed by atoms with Gasteiger partial charge in [0.25, 0.3) is 0 Å². The highest BCUT2D eigenvalue weighted by molar-refractivity contribution is 7.89. The molecule has 0 radical (unpaired) electrons. The van der Waals surface area contributed by atoms with Gasteiger partial charge >= 0.3 is 5.97 Å². The molecule has 3 heterocycles. The molecule has 0 amide bonds. The van der Waals surface area contributed by atoms with Crippen LogP contribution >= 0.6 is 0 Å². The third-order valence-corrected chi connectivity index (χ3v) is 12.5. The fourth-order valence-electron chi connectivity index (χ4n) is 9.02. The van der Waals surface area contributed by atoms with Gasteiger partial charge in [-0.25, -0.2) is 13.6 Å². The Hall–Kier alpha value is -3.72. The number of anilines is 1. The summed E-state index contributed by atoms with van der Waals surface area (Å²) in [6, 6.07) is 18.2. The molecule has 0 aromatic heterocycles. The molecule has 0 saturated carbocycles. The van der Waals surface area contributed by atoms with Gasteiger partial charge in [0, 0.05) is 40.8 Å². The molecule has 1 aliphatic carbocycles. The fourth-order valence-corrected chi connectivity index (χ4v) is 9.56. The van der Waals surface area contributed by atoms with Crippen molar-refractivity contribution in [1.29, 1.82) is 0 Å². The number of nitrogens with zero attached hydrogens (tertiary/aromatic N) is 1. The number of sulfonamides is 1. The molecular formula is C43H54N2O5S. The number of carboxylic acids is 1. The number of aliphatic carboxylic acids is 1. The first-order valence-electron chi connectivity index (χ1n) is 18.7. The van der Waals surface area contributed by atoms with E-state index >= 15 is 0 Å². The van der Waals surface area contributed by atoms with Gasteiger partial charge in [0.1, 0.15) is 0 Å². The minimum atomic E-state index is -3.95. The second kappa shape index (κ2) is 14.4. The summed E-state index contributed by atoms with van der Waals surface area (Å²) in [6.07, 6.45) is 10.4. The van der Waals surface area contributed by atoms with Crippen LogP contribution in [0.25, 0.3) is 10.8 Å². The van der Waals surface area contributed by atoms with E-state index in [4.69, 9.17) is 16.5 Å². The maximum Gasteiger partial charge on any atom is 0.303 e. The highest BCUT2D eigenvalue weighted by Crippen LogP contribution is 2.56. The topological polar surface area (TPSA) is 110 Å². The lowest BCUT2D eigenvalue weighted by Gasteiger charge is -2.44.